The molecule has 0 aromatic carbocycles. The van der Waals surface area contributed by atoms with Crippen LogP contribution in [0.5, 0.6) is 0 Å². The zero-order valence-electron chi connectivity index (χ0n) is 17.1. The molecule has 1 atom stereocenters. The topological polar surface area (TPSA) is 60.9 Å². The largest absolute Gasteiger partial charge is 0.339 e. The Morgan fingerprint density at radius 3 is 1.96 bits per heavy atom. The van der Waals surface area contributed by atoms with Gasteiger partial charge < -0.3 is 14.7 Å². The smallest absolute Gasteiger partial charge is 0.242 e. The highest BCUT2D eigenvalue weighted by molar-refractivity contribution is 5.89. The lowest BCUT2D eigenvalue weighted by Crippen LogP contribution is -2.57. The van der Waals surface area contributed by atoms with Gasteiger partial charge in [-0.15, -0.1) is 0 Å². The summed E-state index contributed by atoms with van der Waals surface area (Å²) in [6.45, 7) is 2.10. The number of likely N-dealkylation sites (tertiary alicyclic amines) is 1. The SMILES string of the molecule is O=C([C@H]1CCC(=O)N(C2CCCCCC2)C1)N1CCN(C2CCCC2)C(=O)C1. The molecule has 0 unspecified atom stereocenters. The summed E-state index contributed by atoms with van der Waals surface area (Å²) in [5.74, 6) is 0.286. The predicted octanol–water partition coefficient (Wildman–Crippen LogP) is 2.56. The monoisotopic (exact) mass is 389 g/mol. The molecule has 2 heterocycles. The first-order chi connectivity index (χ1) is 13.6. The van der Waals surface area contributed by atoms with E-state index in [4.69, 9.17) is 0 Å². The third-order valence-corrected chi connectivity index (χ3v) is 7.39. The Balaban J connectivity index is 1.35. The van der Waals surface area contributed by atoms with Crippen LogP contribution in [0.2, 0.25) is 0 Å². The number of hydrogen-bond donors (Lipinski definition) is 0. The second-order valence-electron chi connectivity index (χ2n) is 9.21. The Hall–Kier alpha value is -1.59. The van der Waals surface area contributed by atoms with E-state index < -0.39 is 0 Å². The average Bonchev–Trinajstić information content (AvgIpc) is 3.10. The van der Waals surface area contributed by atoms with E-state index in [9.17, 15) is 14.4 Å². The van der Waals surface area contributed by atoms with Crippen molar-refractivity contribution in [2.24, 2.45) is 5.92 Å². The fourth-order valence-corrected chi connectivity index (χ4v) is 5.73. The molecule has 28 heavy (non-hydrogen) atoms. The van der Waals surface area contributed by atoms with E-state index in [0.29, 0.717) is 44.6 Å². The minimum absolute atomic E-state index is 0.0885. The lowest BCUT2D eigenvalue weighted by Gasteiger charge is -2.42. The van der Waals surface area contributed by atoms with Crippen LogP contribution >= 0.6 is 0 Å². The van der Waals surface area contributed by atoms with Crippen molar-refractivity contribution in [1.29, 1.82) is 0 Å². The van der Waals surface area contributed by atoms with Crippen LogP contribution in [0.15, 0.2) is 0 Å². The van der Waals surface area contributed by atoms with Crippen LogP contribution in [-0.4, -0.2) is 70.7 Å². The zero-order chi connectivity index (χ0) is 19.5. The van der Waals surface area contributed by atoms with Crippen LogP contribution in [0, 0.1) is 5.92 Å². The van der Waals surface area contributed by atoms with Gasteiger partial charge in [-0.1, -0.05) is 38.5 Å². The van der Waals surface area contributed by atoms with Gasteiger partial charge in [-0.25, -0.2) is 0 Å². The Bertz CT molecular complexity index is 594. The molecule has 6 heteroatoms. The molecule has 0 radical (unpaired) electrons. The van der Waals surface area contributed by atoms with Gasteiger partial charge in [0.1, 0.15) is 0 Å². The van der Waals surface area contributed by atoms with E-state index in [1.807, 2.05) is 9.80 Å². The molecule has 4 aliphatic rings. The van der Waals surface area contributed by atoms with Gasteiger partial charge in [0.25, 0.3) is 0 Å². The van der Waals surface area contributed by atoms with Crippen molar-refractivity contribution < 1.29 is 14.4 Å². The molecule has 2 aliphatic carbocycles. The number of carbonyl (C=O) groups excluding carboxylic acids is 3. The van der Waals surface area contributed by atoms with Crippen LogP contribution in [0.25, 0.3) is 0 Å². The lowest BCUT2D eigenvalue weighted by atomic mass is 9.93. The van der Waals surface area contributed by atoms with Gasteiger partial charge in [0, 0.05) is 38.1 Å². The van der Waals surface area contributed by atoms with Crippen LogP contribution < -0.4 is 0 Å². The van der Waals surface area contributed by atoms with Crippen molar-refractivity contribution >= 4 is 17.7 Å². The van der Waals surface area contributed by atoms with E-state index in [0.717, 1.165) is 25.7 Å². The molecule has 6 nitrogen and oxygen atoms in total. The molecule has 156 valence electrons. The second kappa shape index (κ2) is 8.83. The maximum absolute atomic E-state index is 13.1. The molecular weight excluding hydrogens is 354 g/mol. The van der Waals surface area contributed by atoms with Gasteiger partial charge in [-0.05, 0) is 32.1 Å². The van der Waals surface area contributed by atoms with Crippen LogP contribution in [-0.2, 0) is 14.4 Å². The van der Waals surface area contributed by atoms with Crippen molar-refractivity contribution in [2.45, 2.75) is 89.1 Å². The van der Waals surface area contributed by atoms with Crippen molar-refractivity contribution in [2.75, 3.05) is 26.2 Å². The number of piperazine rings is 1. The maximum Gasteiger partial charge on any atom is 0.242 e. The highest BCUT2D eigenvalue weighted by Gasteiger charge is 2.39. The molecule has 0 aromatic heterocycles. The molecule has 0 N–H and O–H groups in total. The highest BCUT2D eigenvalue weighted by Crippen LogP contribution is 2.29. The molecule has 2 saturated carbocycles. The predicted molar refractivity (Wildman–Crippen MR) is 106 cm³/mol. The molecule has 0 spiro atoms. The summed E-state index contributed by atoms with van der Waals surface area (Å²) in [4.78, 5) is 44.1. The number of piperidine rings is 1. The van der Waals surface area contributed by atoms with Gasteiger partial charge in [0.15, 0.2) is 0 Å². The minimum atomic E-state index is -0.133. The van der Waals surface area contributed by atoms with Crippen molar-refractivity contribution in [1.82, 2.24) is 14.7 Å². The Labute approximate surface area is 168 Å². The molecule has 4 rings (SSSR count). The van der Waals surface area contributed by atoms with E-state index in [-0.39, 0.29) is 30.2 Å². The third kappa shape index (κ3) is 4.20. The van der Waals surface area contributed by atoms with Gasteiger partial charge >= 0.3 is 0 Å². The summed E-state index contributed by atoms with van der Waals surface area (Å²) in [6, 6.07) is 0.703. The Morgan fingerprint density at radius 2 is 1.32 bits per heavy atom. The average molecular weight is 390 g/mol. The van der Waals surface area contributed by atoms with E-state index in [1.54, 1.807) is 4.90 Å². The molecular formula is C22H35N3O3. The van der Waals surface area contributed by atoms with Gasteiger partial charge in [-0.2, -0.15) is 0 Å². The summed E-state index contributed by atoms with van der Waals surface area (Å²) in [5.41, 5.74) is 0. The molecule has 3 amide bonds. The number of carbonyl (C=O) groups is 3. The fourth-order valence-electron chi connectivity index (χ4n) is 5.73. The standard InChI is InChI=1S/C22H35N3O3/c26-20-12-11-17(15-25(20)19-7-3-1-2-4-8-19)22(28)23-13-14-24(21(27)16-23)18-9-5-6-10-18/h17-19H,1-16H2/t17-/m0/s1. The van der Waals surface area contributed by atoms with E-state index in [2.05, 4.69) is 0 Å². The molecule has 2 aliphatic heterocycles. The number of rotatable bonds is 3. The van der Waals surface area contributed by atoms with Crippen LogP contribution in [0.4, 0.5) is 0 Å². The normalized spacial score (nSPS) is 28.7. The summed E-state index contributed by atoms with van der Waals surface area (Å²) in [7, 11) is 0. The first-order valence-electron chi connectivity index (χ1n) is 11.5. The van der Waals surface area contributed by atoms with Crippen molar-refractivity contribution in [3.63, 3.8) is 0 Å². The van der Waals surface area contributed by atoms with Gasteiger partial charge in [-0.3, -0.25) is 14.4 Å². The third-order valence-electron chi connectivity index (χ3n) is 7.39. The van der Waals surface area contributed by atoms with E-state index in [1.165, 1.54) is 38.5 Å². The Morgan fingerprint density at radius 1 is 0.714 bits per heavy atom. The highest BCUT2D eigenvalue weighted by atomic mass is 16.2. The zero-order valence-corrected chi connectivity index (χ0v) is 17.1. The summed E-state index contributed by atoms with van der Waals surface area (Å²) >= 11 is 0. The van der Waals surface area contributed by atoms with E-state index >= 15 is 0 Å². The molecule has 0 bridgehead atoms. The summed E-state index contributed by atoms with van der Waals surface area (Å²) < 4.78 is 0. The van der Waals surface area contributed by atoms with Gasteiger partial charge in [0.2, 0.25) is 17.7 Å². The van der Waals surface area contributed by atoms with Gasteiger partial charge in [0.05, 0.1) is 12.5 Å². The molecule has 4 fully saturated rings. The summed E-state index contributed by atoms with van der Waals surface area (Å²) in [5, 5.41) is 0. The quantitative estimate of drug-likeness (QED) is 0.697. The number of nitrogens with zero attached hydrogens (tertiary/aromatic N) is 3. The van der Waals surface area contributed by atoms with Crippen molar-refractivity contribution in [3.05, 3.63) is 0 Å². The van der Waals surface area contributed by atoms with Crippen LogP contribution in [0.1, 0.15) is 77.0 Å². The number of hydrogen-bond acceptors (Lipinski definition) is 3. The van der Waals surface area contributed by atoms with Crippen LogP contribution in [0.3, 0.4) is 0 Å². The fraction of sp³-hybridized carbons (Fsp3) is 0.864. The molecule has 2 saturated heterocycles. The Kier molecular flexibility index (Phi) is 6.22. The van der Waals surface area contributed by atoms with Crippen molar-refractivity contribution in [3.8, 4) is 0 Å². The lowest BCUT2D eigenvalue weighted by molar-refractivity contribution is -0.152. The first kappa shape index (κ1) is 19.7. The first-order valence-corrected chi connectivity index (χ1v) is 11.5. The number of amides is 3. The minimum Gasteiger partial charge on any atom is -0.339 e. The maximum atomic E-state index is 13.1. The summed E-state index contributed by atoms with van der Waals surface area (Å²) in [6.07, 6.45) is 12.8. The molecule has 0 aromatic rings. The second-order valence-corrected chi connectivity index (χ2v) is 9.21.